The molecule has 2 nitrogen and oxygen atoms in total. The lowest BCUT2D eigenvalue weighted by Gasteiger charge is -2.36. The number of aryl methyl sites for hydroxylation is 1. The van der Waals surface area contributed by atoms with Crippen LogP contribution in [-0.2, 0) is 6.42 Å². The summed E-state index contributed by atoms with van der Waals surface area (Å²) >= 11 is 0. The fourth-order valence-corrected chi connectivity index (χ4v) is 3.83. The lowest BCUT2D eigenvalue weighted by Crippen LogP contribution is -2.31. The Morgan fingerprint density at radius 1 is 1.42 bits per heavy atom. The first-order chi connectivity index (χ1) is 8.89. The molecule has 0 aromatic carbocycles. The van der Waals surface area contributed by atoms with E-state index in [1.165, 1.54) is 42.6 Å². The van der Waals surface area contributed by atoms with Gasteiger partial charge in [0.25, 0.3) is 0 Å². The van der Waals surface area contributed by atoms with Gasteiger partial charge in [0.15, 0.2) is 0 Å². The van der Waals surface area contributed by atoms with Crippen molar-refractivity contribution in [1.82, 2.24) is 4.57 Å². The summed E-state index contributed by atoms with van der Waals surface area (Å²) in [7, 11) is 0. The first-order valence-corrected chi connectivity index (χ1v) is 7.85. The SMILES string of the molecule is CCCC(CC)n1c(C)cc2c1CC(C)(C)CC2N. The molecule has 2 atom stereocenters. The summed E-state index contributed by atoms with van der Waals surface area (Å²) in [5.74, 6) is 0. The van der Waals surface area contributed by atoms with Crippen LogP contribution in [0.5, 0.6) is 0 Å². The molecule has 2 rings (SSSR count). The zero-order valence-electron chi connectivity index (χ0n) is 13.3. The maximum atomic E-state index is 6.41. The lowest BCUT2D eigenvalue weighted by atomic mass is 9.74. The van der Waals surface area contributed by atoms with Gasteiger partial charge in [0.05, 0.1) is 0 Å². The molecule has 1 aromatic rings. The molecular weight excluding hydrogens is 232 g/mol. The van der Waals surface area contributed by atoms with E-state index in [0.29, 0.717) is 11.5 Å². The summed E-state index contributed by atoms with van der Waals surface area (Å²) in [6.45, 7) is 11.5. The Morgan fingerprint density at radius 3 is 2.68 bits per heavy atom. The van der Waals surface area contributed by atoms with E-state index >= 15 is 0 Å². The number of nitrogens with zero attached hydrogens (tertiary/aromatic N) is 1. The molecule has 108 valence electrons. The molecule has 1 aromatic heterocycles. The zero-order valence-corrected chi connectivity index (χ0v) is 13.3. The molecule has 0 spiro atoms. The third-order valence-electron chi connectivity index (χ3n) is 4.64. The van der Waals surface area contributed by atoms with E-state index in [9.17, 15) is 0 Å². The summed E-state index contributed by atoms with van der Waals surface area (Å²) in [6, 6.07) is 3.21. The maximum Gasteiger partial charge on any atom is 0.0333 e. The number of rotatable bonds is 4. The first kappa shape index (κ1) is 14.6. The predicted molar refractivity (Wildman–Crippen MR) is 82.4 cm³/mol. The van der Waals surface area contributed by atoms with Crippen LogP contribution in [0.15, 0.2) is 6.07 Å². The zero-order chi connectivity index (χ0) is 14.2. The Hall–Kier alpha value is -0.760. The number of aromatic nitrogens is 1. The standard InChI is InChI=1S/C17H30N2/c1-6-8-13(7-2)19-12(3)9-14-15(18)10-17(4,5)11-16(14)19/h9,13,15H,6-8,10-11,18H2,1-5H3. The molecule has 0 saturated carbocycles. The van der Waals surface area contributed by atoms with Crippen molar-refractivity contribution in [2.24, 2.45) is 11.1 Å². The Bertz CT molecular complexity index is 442. The van der Waals surface area contributed by atoms with Gasteiger partial charge in [-0.05, 0) is 49.7 Å². The first-order valence-electron chi connectivity index (χ1n) is 7.85. The molecule has 0 amide bonds. The quantitative estimate of drug-likeness (QED) is 0.849. The molecule has 0 radical (unpaired) electrons. The Labute approximate surface area is 118 Å². The minimum Gasteiger partial charge on any atom is -0.346 e. The largest absolute Gasteiger partial charge is 0.346 e. The molecule has 0 saturated heterocycles. The van der Waals surface area contributed by atoms with Crippen molar-refractivity contribution in [2.45, 2.75) is 78.8 Å². The summed E-state index contributed by atoms with van der Waals surface area (Å²) in [4.78, 5) is 0. The minimum absolute atomic E-state index is 0.220. The fourth-order valence-electron chi connectivity index (χ4n) is 3.83. The normalized spacial score (nSPS) is 23.2. The van der Waals surface area contributed by atoms with Crippen LogP contribution >= 0.6 is 0 Å². The highest BCUT2D eigenvalue weighted by Gasteiger charge is 2.34. The topological polar surface area (TPSA) is 30.9 Å². The van der Waals surface area contributed by atoms with Gasteiger partial charge in [-0.2, -0.15) is 0 Å². The molecule has 0 fully saturated rings. The second-order valence-electron chi connectivity index (χ2n) is 7.06. The third kappa shape index (κ3) is 2.74. The van der Waals surface area contributed by atoms with Gasteiger partial charge >= 0.3 is 0 Å². The summed E-state index contributed by atoms with van der Waals surface area (Å²) < 4.78 is 2.60. The van der Waals surface area contributed by atoms with E-state index in [1.807, 2.05) is 0 Å². The predicted octanol–water partition coefficient (Wildman–Crippen LogP) is 4.52. The minimum atomic E-state index is 0.220. The molecule has 19 heavy (non-hydrogen) atoms. The Balaban J connectivity index is 2.46. The molecule has 1 aliphatic rings. The molecule has 2 N–H and O–H groups in total. The number of nitrogens with two attached hydrogens (primary N) is 1. The molecule has 0 aliphatic heterocycles. The van der Waals surface area contributed by atoms with Crippen LogP contribution < -0.4 is 5.73 Å². The van der Waals surface area contributed by atoms with E-state index in [-0.39, 0.29) is 6.04 Å². The average Bonchev–Trinajstić information content (AvgIpc) is 2.62. The second kappa shape index (κ2) is 5.32. The molecule has 0 bridgehead atoms. The van der Waals surface area contributed by atoms with Gasteiger partial charge in [-0.1, -0.05) is 34.1 Å². The van der Waals surface area contributed by atoms with Crippen LogP contribution in [-0.4, -0.2) is 4.57 Å². The van der Waals surface area contributed by atoms with Gasteiger partial charge in [-0.3, -0.25) is 0 Å². The van der Waals surface area contributed by atoms with Gasteiger partial charge < -0.3 is 10.3 Å². The highest BCUT2D eigenvalue weighted by Crippen LogP contribution is 2.42. The summed E-state index contributed by atoms with van der Waals surface area (Å²) in [5, 5.41) is 0. The van der Waals surface area contributed by atoms with Crippen molar-refractivity contribution in [3.63, 3.8) is 0 Å². The van der Waals surface area contributed by atoms with Gasteiger partial charge in [0, 0.05) is 23.5 Å². The molecule has 1 aliphatic carbocycles. The van der Waals surface area contributed by atoms with Crippen LogP contribution in [0.3, 0.4) is 0 Å². The molecule has 2 unspecified atom stereocenters. The lowest BCUT2D eigenvalue weighted by molar-refractivity contribution is 0.269. The van der Waals surface area contributed by atoms with Crippen molar-refractivity contribution in [3.8, 4) is 0 Å². The van der Waals surface area contributed by atoms with E-state index in [2.05, 4.69) is 45.3 Å². The van der Waals surface area contributed by atoms with Gasteiger partial charge in [-0.25, -0.2) is 0 Å². The van der Waals surface area contributed by atoms with E-state index < -0.39 is 0 Å². The number of hydrogen-bond acceptors (Lipinski definition) is 1. The number of fused-ring (bicyclic) bond motifs is 1. The van der Waals surface area contributed by atoms with Crippen molar-refractivity contribution >= 4 is 0 Å². The summed E-state index contributed by atoms with van der Waals surface area (Å²) in [5.41, 5.74) is 11.1. The molecular formula is C17H30N2. The Morgan fingerprint density at radius 2 is 2.11 bits per heavy atom. The molecule has 1 heterocycles. The van der Waals surface area contributed by atoms with Gasteiger partial charge in [-0.15, -0.1) is 0 Å². The van der Waals surface area contributed by atoms with Gasteiger partial charge in [0.1, 0.15) is 0 Å². The number of hydrogen-bond donors (Lipinski definition) is 1. The summed E-state index contributed by atoms with van der Waals surface area (Å²) in [6.07, 6.45) is 6.01. The third-order valence-corrected chi connectivity index (χ3v) is 4.64. The van der Waals surface area contributed by atoms with Crippen LogP contribution in [0.2, 0.25) is 0 Å². The van der Waals surface area contributed by atoms with E-state index in [0.717, 1.165) is 6.42 Å². The smallest absolute Gasteiger partial charge is 0.0333 e. The molecule has 2 heteroatoms. The highest BCUT2D eigenvalue weighted by atomic mass is 15.0. The van der Waals surface area contributed by atoms with Crippen molar-refractivity contribution < 1.29 is 0 Å². The maximum absolute atomic E-state index is 6.41. The highest BCUT2D eigenvalue weighted by molar-refractivity contribution is 5.34. The fraction of sp³-hybridized carbons (Fsp3) is 0.765. The monoisotopic (exact) mass is 262 g/mol. The van der Waals surface area contributed by atoms with Crippen LogP contribution in [0.25, 0.3) is 0 Å². The second-order valence-corrected chi connectivity index (χ2v) is 7.06. The van der Waals surface area contributed by atoms with Crippen molar-refractivity contribution in [2.75, 3.05) is 0 Å². The van der Waals surface area contributed by atoms with E-state index in [4.69, 9.17) is 5.73 Å². The van der Waals surface area contributed by atoms with Crippen LogP contribution in [0.4, 0.5) is 0 Å². The van der Waals surface area contributed by atoms with Crippen molar-refractivity contribution in [3.05, 3.63) is 23.0 Å². The van der Waals surface area contributed by atoms with Crippen LogP contribution in [0, 0.1) is 12.3 Å². The van der Waals surface area contributed by atoms with Crippen molar-refractivity contribution in [1.29, 1.82) is 0 Å². The Kier molecular flexibility index (Phi) is 4.10. The van der Waals surface area contributed by atoms with Crippen LogP contribution in [0.1, 0.15) is 82.4 Å². The van der Waals surface area contributed by atoms with E-state index in [1.54, 1.807) is 0 Å². The van der Waals surface area contributed by atoms with Gasteiger partial charge in [0.2, 0.25) is 0 Å². The average molecular weight is 262 g/mol.